The Morgan fingerprint density at radius 1 is 1.38 bits per heavy atom. The smallest absolute Gasteiger partial charge is 0.263 e. The van der Waals surface area contributed by atoms with Gasteiger partial charge in [-0.3, -0.25) is 9.59 Å². The van der Waals surface area contributed by atoms with E-state index in [2.05, 4.69) is 10.2 Å². The highest BCUT2D eigenvalue weighted by Crippen LogP contribution is 2.25. The monoisotopic (exact) mass is 335 g/mol. The van der Waals surface area contributed by atoms with E-state index >= 15 is 0 Å². The lowest BCUT2D eigenvalue weighted by Crippen LogP contribution is -2.56. The van der Waals surface area contributed by atoms with E-state index in [0.717, 1.165) is 30.5 Å². The fraction of sp³-hybridized carbons (Fsp3) is 0.667. The van der Waals surface area contributed by atoms with Crippen molar-refractivity contribution in [2.75, 3.05) is 33.9 Å². The van der Waals surface area contributed by atoms with Crippen LogP contribution >= 0.6 is 0 Å². The van der Waals surface area contributed by atoms with E-state index in [4.69, 9.17) is 4.74 Å². The van der Waals surface area contributed by atoms with Crippen LogP contribution in [0.2, 0.25) is 0 Å². The third-order valence-electron chi connectivity index (χ3n) is 5.29. The maximum atomic E-state index is 12.6. The van der Waals surface area contributed by atoms with Gasteiger partial charge in [0.1, 0.15) is 5.56 Å². The fourth-order valence-corrected chi connectivity index (χ4v) is 3.48. The van der Waals surface area contributed by atoms with Crippen LogP contribution in [0, 0.1) is 6.92 Å². The first-order chi connectivity index (χ1) is 11.3. The summed E-state index contributed by atoms with van der Waals surface area (Å²) in [6, 6.07) is 1.71. The lowest BCUT2D eigenvalue weighted by atomic mass is 9.88. The Morgan fingerprint density at radius 3 is 2.54 bits per heavy atom. The highest BCUT2D eigenvalue weighted by Gasteiger charge is 2.35. The molecule has 1 aromatic rings. The minimum Gasteiger partial charge on any atom is -0.381 e. The SMILES string of the molecule is CCc1c(C)cc(C(=O)NCC2(N(C)C)CCOCC2)c(=O)n1C. The van der Waals surface area contributed by atoms with Crippen LogP contribution in [0.1, 0.15) is 41.4 Å². The largest absolute Gasteiger partial charge is 0.381 e. The van der Waals surface area contributed by atoms with Gasteiger partial charge in [0, 0.05) is 38.0 Å². The van der Waals surface area contributed by atoms with Gasteiger partial charge in [0.05, 0.1) is 0 Å². The number of aryl methyl sites for hydroxylation is 1. The van der Waals surface area contributed by atoms with E-state index < -0.39 is 0 Å². The number of nitrogens with one attached hydrogen (secondary N) is 1. The zero-order valence-electron chi connectivity index (χ0n) is 15.4. The number of carbonyl (C=O) groups excluding carboxylic acids is 1. The van der Waals surface area contributed by atoms with Gasteiger partial charge in [-0.05, 0) is 51.9 Å². The summed E-state index contributed by atoms with van der Waals surface area (Å²) in [5.74, 6) is -0.297. The van der Waals surface area contributed by atoms with Gasteiger partial charge in [-0.2, -0.15) is 0 Å². The Balaban J connectivity index is 2.20. The summed E-state index contributed by atoms with van der Waals surface area (Å²) in [6.45, 7) is 5.85. The normalized spacial score (nSPS) is 17.1. The van der Waals surface area contributed by atoms with Crippen LogP contribution in [0.3, 0.4) is 0 Å². The van der Waals surface area contributed by atoms with Crippen molar-refractivity contribution in [3.8, 4) is 0 Å². The van der Waals surface area contributed by atoms with Crippen LogP contribution in [0.5, 0.6) is 0 Å². The second kappa shape index (κ2) is 7.49. The number of pyridine rings is 1. The first-order valence-corrected chi connectivity index (χ1v) is 8.55. The van der Waals surface area contributed by atoms with Crippen molar-refractivity contribution >= 4 is 5.91 Å². The molecule has 2 rings (SSSR count). The van der Waals surface area contributed by atoms with Gasteiger partial charge < -0.3 is 19.5 Å². The van der Waals surface area contributed by atoms with Gasteiger partial charge in [-0.1, -0.05) is 6.92 Å². The predicted octanol–water partition coefficient (Wildman–Crippen LogP) is 1.10. The van der Waals surface area contributed by atoms with Gasteiger partial charge in [0.15, 0.2) is 0 Å². The molecule has 24 heavy (non-hydrogen) atoms. The molecule has 1 aliphatic heterocycles. The van der Waals surface area contributed by atoms with Crippen molar-refractivity contribution in [2.45, 2.75) is 38.6 Å². The van der Waals surface area contributed by atoms with Gasteiger partial charge >= 0.3 is 0 Å². The molecule has 1 amide bonds. The fourth-order valence-electron chi connectivity index (χ4n) is 3.48. The van der Waals surface area contributed by atoms with Gasteiger partial charge in [0.2, 0.25) is 0 Å². The second-order valence-electron chi connectivity index (χ2n) is 6.82. The number of likely N-dealkylation sites (N-methyl/N-ethyl adjacent to an activating group) is 1. The van der Waals surface area contributed by atoms with Crippen LogP contribution in [0.15, 0.2) is 10.9 Å². The summed E-state index contributed by atoms with van der Waals surface area (Å²) in [7, 11) is 5.78. The number of ether oxygens (including phenoxy) is 1. The molecule has 0 aliphatic carbocycles. The standard InChI is InChI=1S/C18H29N3O3/c1-6-15-13(2)11-14(17(23)21(15)5)16(22)19-12-18(20(3)4)7-9-24-10-8-18/h11H,6-10,12H2,1-5H3,(H,19,22). The number of aromatic nitrogens is 1. The molecule has 1 aromatic heterocycles. The lowest BCUT2D eigenvalue weighted by molar-refractivity contribution is -0.00658. The summed E-state index contributed by atoms with van der Waals surface area (Å²) in [5.41, 5.74) is 1.80. The van der Waals surface area contributed by atoms with Crippen LogP contribution < -0.4 is 10.9 Å². The first kappa shape index (κ1) is 18.7. The molecule has 0 spiro atoms. The summed E-state index contributed by atoms with van der Waals surface area (Å²) < 4.78 is 7.03. The molecule has 134 valence electrons. The predicted molar refractivity (Wildman–Crippen MR) is 94.6 cm³/mol. The van der Waals surface area contributed by atoms with Crippen molar-refractivity contribution in [1.82, 2.24) is 14.8 Å². The maximum Gasteiger partial charge on any atom is 0.263 e. The molecule has 0 unspecified atom stereocenters. The highest BCUT2D eigenvalue weighted by molar-refractivity contribution is 5.94. The molecule has 0 radical (unpaired) electrons. The topological polar surface area (TPSA) is 63.6 Å². The molecule has 6 heteroatoms. The Bertz CT molecular complexity index is 658. The van der Waals surface area contributed by atoms with Crippen LogP contribution in [0.4, 0.5) is 0 Å². The highest BCUT2D eigenvalue weighted by atomic mass is 16.5. The number of hydrogen-bond donors (Lipinski definition) is 1. The molecule has 0 atom stereocenters. The third-order valence-corrected chi connectivity index (χ3v) is 5.29. The molecule has 1 saturated heterocycles. The van der Waals surface area contributed by atoms with E-state index in [1.807, 2.05) is 27.9 Å². The average Bonchev–Trinajstić information content (AvgIpc) is 2.57. The minimum absolute atomic E-state index is 0.114. The Kier molecular flexibility index (Phi) is 5.83. The number of rotatable bonds is 5. The molecule has 1 fully saturated rings. The summed E-state index contributed by atoms with van der Waals surface area (Å²) >= 11 is 0. The quantitative estimate of drug-likeness (QED) is 0.875. The average molecular weight is 335 g/mol. The van der Waals surface area contributed by atoms with Crippen molar-refractivity contribution in [3.05, 3.63) is 33.2 Å². The molecule has 6 nitrogen and oxygen atoms in total. The number of hydrogen-bond acceptors (Lipinski definition) is 4. The van der Waals surface area contributed by atoms with E-state index in [1.54, 1.807) is 17.7 Å². The molecule has 0 aromatic carbocycles. The molecule has 0 saturated carbocycles. The number of amides is 1. The van der Waals surface area contributed by atoms with Crippen molar-refractivity contribution in [1.29, 1.82) is 0 Å². The Morgan fingerprint density at radius 2 is 2.00 bits per heavy atom. The number of nitrogens with zero attached hydrogens (tertiary/aromatic N) is 2. The first-order valence-electron chi connectivity index (χ1n) is 8.55. The molecule has 1 aliphatic rings. The maximum absolute atomic E-state index is 12.6. The van der Waals surface area contributed by atoms with E-state index in [-0.39, 0.29) is 22.6 Å². The second-order valence-corrected chi connectivity index (χ2v) is 6.82. The van der Waals surface area contributed by atoms with Crippen molar-refractivity contribution in [2.24, 2.45) is 7.05 Å². The van der Waals surface area contributed by atoms with Crippen LogP contribution in [-0.4, -0.2) is 54.8 Å². The Hall–Kier alpha value is -1.66. The van der Waals surface area contributed by atoms with Crippen LogP contribution in [0.25, 0.3) is 0 Å². The lowest BCUT2D eigenvalue weighted by Gasteiger charge is -2.42. The van der Waals surface area contributed by atoms with E-state index in [1.165, 1.54) is 0 Å². The van der Waals surface area contributed by atoms with Gasteiger partial charge in [-0.25, -0.2) is 0 Å². The molecular formula is C18H29N3O3. The molecular weight excluding hydrogens is 306 g/mol. The summed E-state index contributed by atoms with van der Waals surface area (Å²) in [4.78, 5) is 27.2. The van der Waals surface area contributed by atoms with Gasteiger partial charge in [0.25, 0.3) is 11.5 Å². The van der Waals surface area contributed by atoms with Crippen LogP contribution in [-0.2, 0) is 18.2 Å². The van der Waals surface area contributed by atoms with Crippen molar-refractivity contribution in [3.63, 3.8) is 0 Å². The van der Waals surface area contributed by atoms with E-state index in [0.29, 0.717) is 19.8 Å². The summed E-state index contributed by atoms with van der Waals surface area (Å²) in [5, 5.41) is 2.97. The molecule has 0 bridgehead atoms. The molecule has 1 N–H and O–H groups in total. The summed E-state index contributed by atoms with van der Waals surface area (Å²) in [6.07, 6.45) is 2.50. The number of carbonyl (C=O) groups is 1. The van der Waals surface area contributed by atoms with Crippen molar-refractivity contribution < 1.29 is 9.53 Å². The van der Waals surface area contributed by atoms with Gasteiger partial charge in [-0.15, -0.1) is 0 Å². The zero-order chi connectivity index (χ0) is 17.9. The third kappa shape index (κ3) is 3.54. The minimum atomic E-state index is -0.297. The Labute approximate surface area is 143 Å². The molecule has 2 heterocycles. The van der Waals surface area contributed by atoms with E-state index in [9.17, 15) is 9.59 Å². The zero-order valence-corrected chi connectivity index (χ0v) is 15.4.